The molecule has 1 fully saturated rings. The average Bonchev–Trinajstić information content (AvgIpc) is 2.83. The van der Waals surface area contributed by atoms with Crippen LogP contribution < -0.4 is 15.8 Å². The van der Waals surface area contributed by atoms with Gasteiger partial charge >= 0.3 is 12.4 Å². The number of piperidine rings is 1. The number of urea groups is 1. The summed E-state index contributed by atoms with van der Waals surface area (Å²) in [6.45, 7) is 2.42. The zero-order valence-electron chi connectivity index (χ0n) is 21.4. The smallest absolute Gasteiger partial charge is 0.405 e. The summed E-state index contributed by atoms with van der Waals surface area (Å²) in [7, 11) is -2.21. The van der Waals surface area contributed by atoms with Gasteiger partial charge in [-0.05, 0) is 55.3 Å². The summed E-state index contributed by atoms with van der Waals surface area (Å²) in [6.07, 6.45) is -3.59. The maximum absolute atomic E-state index is 13.2. The second-order valence-corrected chi connectivity index (χ2v) is 12.0. The van der Waals surface area contributed by atoms with Gasteiger partial charge in [-0.3, -0.25) is 9.69 Å². The van der Waals surface area contributed by atoms with Crippen LogP contribution in [-0.2, 0) is 22.9 Å². The number of likely N-dealkylation sites (tertiary alicyclic amines) is 1. The van der Waals surface area contributed by atoms with E-state index in [9.17, 15) is 31.2 Å². The summed E-state index contributed by atoms with van der Waals surface area (Å²) < 4.78 is 69.0. The maximum Gasteiger partial charge on any atom is 0.573 e. The lowest BCUT2D eigenvalue weighted by Crippen LogP contribution is -2.48. The molecule has 2 aromatic carbocycles. The minimum absolute atomic E-state index is 0.0242. The Bertz CT molecular complexity index is 1320. The van der Waals surface area contributed by atoms with Gasteiger partial charge in [0.25, 0.3) is 5.91 Å². The van der Waals surface area contributed by atoms with Crippen LogP contribution >= 0.6 is 11.6 Å². The molecular weight excluding hydrogens is 561 g/mol. The van der Waals surface area contributed by atoms with Crippen molar-refractivity contribution in [3.63, 3.8) is 0 Å². The van der Waals surface area contributed by atoms with E-state index in [1.54, 1.807) is 0 Å². The molecule has 0 spiro atoms. The van der Waals surface area contributed by atoms with Crippen molar-refractivity contribution in [2.75, 3.05) is 25.9 Å². The molecule has 0 unspecified atom stereocenters. The number of nitrogens with one attached hydrogen (secondary N) is 1. The number of primary amides is 1. The normalized spacial score (nSPS) is 16.5. The molecule has 1 heterocycles. The predicted molar refractivity (Wildman–Crippen MR) is 139 cm³/mol. The van der Waals surface area contributed by atoms with Gasteiger partial charge < -0.3 is 20.7 Å². The van der Waals surface area contributed by atoms with Crippen molar-refractivity contribution in [2.45, 2.75) is 50.2 Å². The van der Waals surface area contributed by atoms with Gasteiger partial charge in [0.2, 0.25) is 0 Å². The average molecular weight is 591 g/mol. The Morgan fingerprint density at radius 2 is 1.92 bits per heavy atom. The van der Waals surface area contributed by atoms with E-state index in [0.717, 1.165) is 6.07 Å². The van der Waals surface area contributed by atoms with Gasteiger partial charge in [-0.2, -0.15) is 0 Å². The molecule has 0 saturated carbocycles. The van der Waals surface area contributed by atoms with Gasteiger partial charge in [-0.25, -0.2) is 13.2 Å². The van der Waals surface area contributed by atoms with Gasteiger partial charge in [-0.15, -0.1) is 13.2 Å². The van der Waals surface area contributed by atoms with Gasteiger partial charge in [0.05, 0.1) is 10.6 Å². The van der Waals surface area contributed by atoms with E-state index < -0.39 is 33.9 Å². The Balaban J connectivity index is 1.85. The van der Waals surface area contributed by atoms with Crippen molar-refractivity contribution < 1.29 is 35.9 Å². The number of rotatable bonds is 9. The number of carbonyl (C=O) groups is 2. The van der Waals surface area contributed by atoms with Crippen LogP contribution in [0.5, 0.6) is 5.75 Å². The first-order valence-corrected chi connectivity index (χ1v) is 14.1. The highest BCUT2D eigenvalue weighted by molar-refractivity contribution is 7.91. The van der Waals surface area contributed by atoms with Crippen LogP contribution in [0.1, 0.15) is 41.3 Å². The molecule has 14 heteroatoms. The lowest BCUT2D eigenvalue weighted by Gasteiger charge is -2.33. The Morgan fingerprint density at radius 3 is 2.56 bits per heavy atom. The Labute approximate surface area is 229 Å². The molecule has 1 atom stereocenters. The number of benzene rings is 2. The molecule has 3 rings (SSSR count). The minimum atomic E-state index is -5.00. The summed E-state index contributed by atoms with van der Waals surface area (Å²) >= 11 is 6.05. The number of nitrogens with two attached hydrogens (primary N) is 1. The van der Waals surface area contributed by atoms with Gasteiger partial charge in [0, 0.05) is 48.9 Å². The Hall–Kier alpha value is -3.03. The fraction of sp³-hybridized carbons (Fsp3) is 0.440. The molecule has 3 amide bonds. The molecule has 0 bridgehead atoms. The number of alkyl halides is 3. The number of hydrogen-bond acceptors (Lipinski definition) is 6. The van der Waals surface area contributed by atoms with Crippen molar-refractivity contribution in [3.05, 3.63) is 58.1 Å². The third kappa shape index (κ3) is 8.48. The minimum Gasteiger partial charge on any atom is -0.405 e. The van der Waals surface area contributed by atoms with Crippen LogP contribution in [0.3, 0.4) is 0 Å². The maximum atomic E-state index is 13.2. The van der Waals surface area contributed by atoms with Crippen LogP contribution in [0.2, 0.25) is 5.02 Å². The summed E-state index contributed by atoms with van der Waals surface area (Å²) in [5.74, 6) is -1.32. The molecule has 214 valence electrons. The van der Waals surface area contributed by atoms with Crippen LogP contribution in [0.15, 0.2) is 41.3 Å². The summed E-state index contributed by atoms with van der Waals surface area (Å²) in [6, 6.07) is 7.13. The van der Waals surface area contributed by atoms with E-state index in [0.29, 0.717) is 25.9 Å². The van der Waals surface area contributed by atoms with E-state index in [-0.39, 0.29) is 51.5 Å². The molecule has 9 nitrogen and oxygen atoms in total. The molecule has 39 heavy (non-hydrogen) atoms. The van der Waals surface area contributed by atoms with Gasteiger partial charge in [-0.1, -0.05) is 24.6 Å². The molecule has 1 aliphatic heterocycles. The first kappa shape index (κ1) is 30.5. The third-order valence-corrected chi connectivity index (χ3v) is 8.34. The fourth-order valence-electron chi connectivity index (χ4n) is 4.48. The fourth-order valence-corrected chi connectivity index (χ4v) is 5.78. The largest absolute Gasteiger partial charge is 0.573 e. The molecule has 0 aromatic heterocycles. The van der Waals surface area contributed by atoms with Crippen molar-refractivity contribution in [2.24, 2.45) is 5.73 Å². The lowest BCUT2D eigenvalue weighted by atomic mass is 10.0. The quantitative estimate of drug-likeness (QED) is 0.456. The number of amides is 3. The molecule has 3 N–H and O–H groups in total. The van der Waals surface area contributed by atoms with Crippen LogP contribution in [0.25, 0.3) is 0 Å². The molecule has 1 saturated heterocycles. The van der Waals surface area contributed by atoms with Crippen molar-refractivity contribution >= 4 is 33.4 Å². The second-order valence-electron chi connectivity index (χ2n) is 9.27. The number of ether oxygens (including phenoxy) is 1. The highest BCUT2D eigenvalue weighted by atomic mass is 35.5. The van der Waals surface area contributed by atoms with E-state index >= 15 is 0 Å². The zero-order chi connectivity index (χ0) is 29.0. The summed E-state index contributed by atoms with van der Waals surface area (Å²) in [4.78, 5) is 27.4. The molecule has 0 aliphatic carbocycles. The van der Waals surface area contributed by atoms with Gasteiger partial charge in [0.1, 0.15) is 5.75 Å². The molecule has 2 aromatic rings. The molecule has 1 aliphatic rings. The molecule has 0 radical (unpaired) electrons. The zero-order valence-corrected chi connectivity index (χ0v) is 23.0. The molecular formula is C25H30ClF3N4O5S. The number of halogens is 4. The number of carbonyl (C=O) groups excluding carboxylic acids is 2. The van der Waals surface area contributed by atoms with Crippen LogP contribution in [-0.4, -0.2) is 68.5 Å². The Kier molecular flexibility index (Phi) is 9.73. The van der Waals surface area contributed by atoms with Crippen molar-refractivity contribution in [1.82, 2.24) is 15.1 Å². The number of nitrogens with zero attached hydrogens (tertiary/aromatic N) is 2. The van der Waals surface area contributed by atoms with E-state index in [2.05, 4.69) is 10.1 Å². The lowest BCUT2D eigenvalue weighted by molar-refractivity contribution is -0.275. The second kappa shape index (κ2) is 12.4. The summed E-state index contributed by atoms with van der Waals surface area (Å²) in [5, 5.41) is 2.89. The highest BCUT2D eigenvalue weighted by Crippen LogP contribution is 2.30. The topological polar surface area (TPSA) is 122 Å². The Morgan fingerprint density at radius 1 is 1.21 bits per heavy atom. The van der Waals surface area contributed by atoms with E-state index in [1.165, 1.54) is 49.2 Å². The van der Waals surface area contributed by atoms with Crippen LogP contribution in [0, 0.1) is 0 Å². The number of sulfone groups is 1. The van der Waals surface area contributed by atoms with Crippen molar-refractivity contribution in [3.8, 4) is 5.75 Å². The highest BCUT2D eigenvalue weighted by Gasteiger charge is 2.33. The van der Waals surface area contributed by atoms with Crippen LogP contribution in [0.4, 0.5) is 18.0 Å². The first-order chi connectivity index (χ1) is 18.2. The predicted octanol–water partition coefficient (Wildman–Crippen LogP) is 3.94. The van der Waals surface area contributed by atoms with Gasteiger partial charge in [0.15, 0.2) is 9.84 Å². The first-order valence-electron chi connectivity index (χ1n) is 12.1. The number of hydrogen-bond donors (Lipinski definition) is 2. The summed E-state index contributed by atoms with van der Waals surface area (Å²) in [5.41, 5.74) is 5.61. The standard InChI is InChI=1S/C25H30ClF3N4O5S/c1-3-39(36,37)22-9-8-19(26)11-18(22)13-32(2)23(34)16-6-7-17(21(12-16)38-25(27,28)29)14-33-10-4-5-20(15-33)31-24(30)35/h6-9,11-12,20H,3-5,10,13-15H2,1-2H3,(H3,30,31,35)/t20-/m0/s1. The van der Waals surface area contributed by atoms with E-state index in [4.69, 9.17) is 17.3 Å². The third-order valence-electron chi connectivity index (χ3n) is 6.28. The monoisotopic (exact) mass is 590 g/mol. The van der Waals surface area contributed by atoms with E-state index in [1.807, 2.05) is 4.90 Å². The SMILES string of the molecule is CCS(=O)(=O)c1ccc(Cl)cc1CN(C)C(=O)c1ccc(CN2CCC[C@H](NC(N)=O)C2)c(OC(F)(F)F)c1. The van der Waals surface area contributed by atoms with Crippen molar-refractivity contribution in [1.29, 1.82) is 0 Å².